The van der Waals surface area contributed by atoms with E-state index in [4.69, 9.17) is 34.6 Å². The van der Waals surface area contributed by atoms with Crippen molar-refractivity contribution in [1.82, 2.24) is 4.57 Å². The van der Waals surface area contributed by atoms with Gasteiger partial charge < -0.3 is 81.4 Å². The number of allylic oxidation sites excluding steroid dienone is 3. The summed E-state index contributed by atoms with van der Waals surface area (Å²) in [5, 5.41) is 17.3. The number of rotatable bonds is 16. The topological polar surface area (TPSA) is 308 Å². The van der Waals surface area contributed by atoms with Crippen molar-refractivity contribution in [3.63, 3.8) is 0 Å². The first kappa shape index (κ1) is 124. The van der Waals surface area contributed by atoms with Crippen LogP contribution in [0.1, 0.15) is 298 Å². The van der Waals surface area contributed by atoms with Crippen molar-refractivity contribution < 1.29 is 122 Å². The van der Waals surface area contributed by atoms with E-state index in [-0.39, 0.29) is 92.9 Å². The predicted molar refractivity (Wildman–Crippen MR) is 554 cm³/mol. The van der Waals surface area contributed by atoms with E-state index >= 15 is 0 Å². The number of aromatic nitrogens is 1. The number of Topliss-reactive ketones (excluding diaryl/α,β-unsaturated/α-hetero) is 1. The number of benzene rings is 7. The first-order chi connectivity index (χ1) is 60.6. The number of carbonyl (C=O) groups excluding carboxylic acids is 6. The number of nitrogens with two attached hydrogens (primary N) is 2. The maximum atomic E-state index is 11.8. The number of ketones is 1. The van der Waals surface area contributed by atoms with Crippen LogP contribution in [0.4, 0.5) is 22.7 Å². The summed E-state index contributed by atoms with van der Waals surface area (Å²) in [6.45, 7) is 49.9. The van der Waals surface area contributed by atoms with Crippen LogP contribution in [0.2, 0.25) is 0 Å². The third-order valence-corrected chi connectivity index (χ3v) is 22.8. The maximum absolute atomic E-state index is 11.8. The molecule has 2 aliphatic carbocycles. The summed E-state index contributed by atoms with van der Waals surface area (Å²) in [6, 6.07) is 39.6. The van der Waals surface area contributed by atoms with Crippen molar-refractivity contribution in [3.8, 4) is 5.75 Å². The van der Waals surface area contributed by atoms with Crippen molar-refractivity contribution >= 4 is 162 Å². The number of hydrogen-bond donors (Lipinski definition) is 5. The summed E-state index contributed by atoms with van der Waals surface area (Å²) in [7, 11) is 13.0. The molecule has 3 aliphatic heterocycles. The number of nitrogens with zero attached hydrogens (tertiary/aromatic N) is 6. The normalized spacial score (nSPS) is 13.8. The zero-order valence-electron chi connectivity index (χ0n) is 83.6. The standard InChI is InChI=1S/C16H22BrNO2.C16H23NO2.C16H21NO2.C15H20BrNO2.C14H16O2.C11H10O2.C7H9NO.C3H7I.C3H6O.CH4.BHNS.Li.H3N2O.Na.H/c1-9(2)13-8-18(10(3)4)15-12(13)6-11(7-14(15)17)16(19)20-5;2*1-10(2)14-9-17(11(3)4)15-7-6-12(8-13(14)15)16(18)19-5;1-8(2)12-7-17(9(3)4)14-11(12)5-10(15(18)19)6-13(14)16;1-9(2)12-7-6-10-4-5-11(8-13(10)12)14(15)16-3;1-13-11(12)10-6-5-8-3-2-4-9(8)7-10;1-9-7-4-2-6(8)3-5-7;2*1-3(2)4;;1-2-3;;1-2-3;;/h6-7,9-10,13H,8H2,1-5H3;6-8,10-11,14H,9H2,1-5H3;6-11H,1-5H3;5-6,8-9,12H,7H2,1-4H3,(H,18,19);4-5,7-9H,6H2,1-3H3;2,4-7H,3H2,1H3;2-5H,8H2,1H3;3H,1-2H3;1-2H3;1H4;3H;;3H,1H2;;/q;;;;;;;;;;;+1;-1;+1;-1. The van der Waals surface area contributed by atoms with Gasteiger partial charge in [-0.2, -0.15) is 0 Å². The number of ether oxygens (including phenoxy) is 6. The quantitative estimate of drug-likeness (QED) is 0.00691. The van der Waals surface area contributed by atoms with E-state index in [1.165, 1.54) is 111 Å². The van der Waals surface area contributed by atoms with Gasteiger partial charge in [0.25, 0.3) is 0 Å². The van der Waals surface area contributed by atoms with Gasteiger partial charge in [-0.1, -0.05) is 143 Å². The average Bonchev–Trinajstić information content (AvgIpc) is 1.62. The molecule has 0 fully saturated rings. The second-order valence-corrected chi connectivity index (χ2v) is 38.9. The number of alkyl halides is 1. The smallest absolute Gasteiger partial charge is 1.00 e. The number of methoxy groups -OCH3 is 6. The monoisotopic (exact) mass is 2080 g/mol. The molecule has 8 aromatic rings. The zero-order valence-corrected chi connectivity index (χ0v) is 90.8. The van der Waals surface area contributed by atoms with E-state index in [1.54, 1.807) is 31.4 Å². The fourth-order valence-corrected chi connectivity index (χ4v) is 16.5. The van der Waals surface area contributed by atoms with Gasteiger partial charge in [0.1, 0.15) is 11.5 Å². The maximum Gasteiger partial charge on any atom is 1.00 e. The first-order valence-electron chi connectivity index (χ1n) is 43.3. The SMILES string of the molecule is C.CC(C)=O.CC(C)C1CN(C(C)C)c2c(Br)cc(C(=O)O)cc21.CC(C)I.COC(=O)c1cc(Br)c2c(c1)C(C(C)C)CN2C(C)C.COC(=O)c1ccc2c(c1)C(C(C)C)=CC2.COC(=O)c1ccc2c(c1)C(C(C)C)CN2C(C)C.COC(=O)c1ccc2c(c1)C=CC2.COC(=O)c1ccc2c(c1)c(C(C)C)cn2C(C)C.COc1ccc(N)cc1.N[N-]O.[B]=NS.[H-].[Li+].[Na+]. The van der Waals surface area contributed by atoms with Crippen LogP contribution in [0.25, 0.3) is 28.1 Å². The summed E-state index contributed by atoms with van der Waals surface area (Å²) in [4.78, 5) is 85.6. The fraction of sp³-hybridized carbons (Fsp3) is 0.461. The van der Waals surface area contributed by atoms with Crippen molar-refractivity contribution in [2.24, 2.45) is 33.8 Å². The second-order valence-electron chi connectivity index (χ2n) is 34.4. The molecule has 7 aromatic carbocycles. The van der Waals surface area contributed by atoms with Crippen LogP contribution in [0.15, 0.2) is 153 Å². The number of hydrogen-bond acceptors (Lipinski definition) is 21. The fourth-order valence-electron chi connectivity index (χ4n) is 15.1. The van der Waals surface area contributed by atoms with E-state index in [9.17, 15) is 38.7 Å². The molecule has 713 valence electrons. The Morgan fingerprint density at radius 3 is 1.30 bits per heavy atom. The van der Waals surface area contributed by atoms with Gasteiger partial charge >= 0.3 is 109 Å². The summed E-state index contributed by atoms with van der Waals surface area (Å²) in [6.07, 6.45) is 10.5. The molecule has 5 aliphatic rings. The Bertz CT molecular complexity index is 5110. The van der Waals surface area contributed by atoms with E-state index in [1.807, 2.05) is 103 Å². The van der Waals surface area contributed by atoms with Crippen LogP contribution in [0.3, 0.4) is 0 Å². The Morgan fingerprint density at radius 1 is 0.530 bits per heavy atom. The number of halogens is 3. The van der Waals surface area contributed by atoms with Crippen LogP contribution in [0, 0.1) is 23.7 Å². The van der Waals surface area contributed by atoms with Gasteiger partial charge in [-0.05, 0) is 303 Å². The number of carboxylic acids is 1. The Hall–Kier alpha value is -7.57. The Morgan fingerprint density at radius 2 is 0.902 bits per heavy atom. The van der Waals surface area contributed by atoms with Crippen LogP contribution in [0.5, 0.6) is 5.75 Å². The van der Waals surface area contributed by atoms with Crippen LogP contribution in [-0.2, 0) is 41.3 Å². The molecule has 6 N–H and O–H groups in total. The Labute approximate surface area is 859 Å². The van der Waals surface area contributed by atoms with Gasteiger partial charge in [0, 0.05) is 103 Å². The molecule has 23 nitrogen and oxygen atoms in total. The number of nitrogen functional groups attached to an aromatic ring is 1. The van der Waals surface area contributed by atoms with Crippen LogP contribution >= 0.6 is 67.3 Å². The number of thiol groups is 1. The molecule has 4 heterocycles. The van der Waals surface area contributed by atoms with E-state index in [0.29, 0.717) is 105 Å². The van der Waals surface area contributed by atoms with Gasteiger partial charge in [-0.25, -0.2) is 28.8 Å². The van der Waals surface area contributed by atoms with E-state index in [0.717, 1.165) is 73.3 Å². The number of aromatic carboxylic acids is 1. The molecule has 0 spiro atoms. The number of anilines is 4. The van der Waals surface area contributed by atoms with E-state index < -0.39 is 5.97 Å². The van der Waals surface area contributed by atoms with Gasteiger partial charge in [-0.3, -0.25) is 0 Å². The molecular weight excluding hydrogens is 1940 g/mol. The molecule has 0 bridgehead atoms. The molecule has 1 radical (unpaired) electrons. The minimum atomic E-state index is -0.867. The largest absolute Gasteiger partial charge is 1.00 e. The van der Waals surface area contributed by atoms with Crippen LogP contribution < -0.4 is 79.4 Å². The van der Waals surface area contributed by atoms with Crippen molar-refractivity contribution in [2.75, 3.05) is 82.7 Å². The van der Waals surface area contributed by atoms with Gasteiger partial charge in [0.05, 0.1) is 87.4 Å². The van der Waals surface area contributed by atoms with Gasteiger partial charge in [-0.15, -0.1) is 0 Å². The Kier molecular flexibility index (Phi) is 58.0. The number of fused-ring (bicyclic) bond motifs is 6. The molecule has 132 heavy (non-hydrogen) atoms. The summed E-state index contributed by atoms with van der Waals surface area (Å²) >= 11 is 12.7. The summed E-state index contributed by atoms with van der Waals surface area (Å²) in [5.74, 6) is 6.67. The molecule has 13 rings (SSSR count). The van der Waals surface area contributed by atoms with Gasteiger partial charge in [0.2, 0.25) is 0 Å². The second kappa shape index (κ2) is 61.5. The minimum Gasteiger partial charge on any atom is -1.00 e. The molecule has 0 saturated heterocycles. The summed E-state index contributed by atoms with van der Waals surface area (Å²) < 4.78 is 36.4. The molecule has 1 aromatic heterocycles. The van der Waals surface area contributed by atoms with Gasteiger partial charge in [0.15, 0.2) is 0 Å². The number of esters is 5. The van der Waals surface area contributed by atoms with Crippen molar-refractivity contribution in [1.29, 1.82) is 0 Å². The third kappa shape index (κ3) is 36.8. The molecule has 0 saturated carbocycles. The molecule has 0 amide bonds. The predicted octanol–water partition coefficient (Wildman–Crippen LogP) is 19.3. The molecular formula is C102H143BBr2ILiN8NaO15S. The number of carbonyl (C=O) groups is 7. The minimum absolute atomic E-state index is 0. The molecule has 30 heteroatoms. The molecule has 3 unspecified atom stereocenters. The molecule has 3 atom stereocenters. The first-order valence-corrected chi connectivity index (χ1v) is 46.5. The van der Waals surface area contributed by atoms with E-state index in [2.05, 4.69) is 272 Å². The average molecular weight is 2080 g/mol. The number of carboxylic acid groups (broad SMARTS) is 1. The third-order valence-electron chi connectivity index (χ3n) is 21.6. The Balaban J connectivity index is 0. The zero-order chi connectivity index (χ0) is 97.9. The van der Waals surface area contributed by atoms with Crippen molar-refractivity contribution in [2.45, 2.75) is 224 Å². The summed E-state index contributed by atoms with van der Waals surface area (Å²) in [5.41, 5.74) is 27.7. The van der Waals surface area contributed by atoms with Crippen molar-refractivity contribution in [3.05, 3.63) is 232 Å². The van der Waals surface area contributed by atoms with Crippen LogP contribution in [-0.4, -0.2) is 148 Å².